The van der Waals surface area contributed by atoms with E-state index in [1.54, 1.807) is 12.1 Å². The number of benzene rings is 2. The van der Waals surface area contributed by atoms with Gasteiger partial charge in [0.15, 0.2) is 0 Å². The van der Waals surface area contributed by atoms with E-state index in [1.165, 1.54) is 7.11 Å². The van der Waals surface area contributed by atoms with Crippen molar-refractivity contribution in [1.82, 2.24) is 0 Å². The lowest BCUT2D eigenvalue weighted by Gasteiger charge is -2.03. The van der Waals surface area contributed by atoms with Gasteiger partial charge in [0.1, 0.15) is 0 Å². The van der Waals surface area contributed by atoms with Gasteiger partial charge < -0.3 is 4.74 Å². The molecule has 2 heteroatoms. The van der Waals surface area contributed by atoms with E-state index in [9.17, 15) is 4.79 Å². The van der Waals surface area contributed by atoms with Gasteiger partial charge in [-0.1, -0.05) is 58.5 Å². The van der Waals surface area contributed by atoms with Crippen LogP contribution in [0.15, 0.2) is 43.0 Å². The molecule has 0 saturated carbocycles. The monoisotopic (exact) mass is 272 g/mol. The number of hydrogen-bond acceptors (Lipinski definition) is 2. The second kappa shape index (κ2) is 9.79. The third-order valence-corrected chi connectivity index (χ3v) is 2.52. The first kappa shape index (κ1) is 17.9. The molecule has 0 aliphatic carbocycles. The molecule has 0 aliphatic rings. The number of hydrogen-bond donors (Lipinski definition) is 0. The van der Waals surface area contributed by atoms with Crippen molar-refractivity contribution in [3.05, 3.63) is 54.1 Å². The van der Waals surface area contributed by atoms with Crippen LogP contribution in [0, 0.1) is 0 Å². The minimum absolute atomic E-state index is 0.310. The van der Waals surface area contributed by atoms with E-state index in [0.29, 0.717) is 5.56 Å². The highest BCUT2D eigenvalue weighted by molar-refractivity contribution is 5.95. The highest BCUT2D eigenvalue weighted by Crippen LogP contribution is 2.18. The third kappa shape index (κ3) is 4.54. The lowest BCUT2D eigenvalue weighted by atomic mass is 10.0. The molecule has 0 bridgehead atoms. The van der Waals surface area contributed by atoms with Crippen LogP contribution in [0.1, 0.15) is 43.6 Å². The Morgan fingerprint density at radius 1 is 1.00 bits per heavy atom. The average molecular weight is 272 g/mol. The molecular formula is C18H24O2. The van der Waals surface area contributed by atoms with Gasteiger partial charge in [0, 0.05) is 0 Å². The zero-order chi connectivity index (χ0) is 15.5. The Kier molecular flexibility index (Phi) is 8.77. The summed E-state index contributed by atoms with van der Waals surface area (Å²) in [5, 5.41) is 2.11. The second-order valence-corrected chi connectivity index (χ2v) is 3.52. The first-order chi connectivity index (χ1) is 9.74. The Hall–Kier alpha value is -2.09. The number of fused-ring (bicyclic) bond motifs is 1. The van der Waals surface area contributed by atoms with Crippen LogP contribution < -0.4 is 0 Å². The summed E-state index contributed by atoms with van der Waals surface area (Å²) in [6.07, 6.45) is 1.80. The molecule has 0 spiro atoms. The van der Waals surface area contributed by atoms with Gasteiger partial charge in [-0.05, 0) is 34.5 Å². The fraction of sp³-hybridized carbons (Fsp3) is 0.278. The van der Waals surface area contributed by atoms with E-state index in [1.807, 2.05) is 58.0 Å². The van der Waals surface area contributed by atoms with Crippen LogP contribution in [-0.2, 0) is 4.74 Å². The van der Waals surface area contributed by atoms with Crippen molar-refractivity contribution in [2.24, 2.45) is 0 Å². The predicted molar refractivity (Wildman–Crippen MR) is 88.1 cm³/mol. The minimum Gasteiger partial charge on any atom is -0.465 e. The minimum atomic E-state index is -0.310. The molecule has 0 atom stereocenters. The van der Waals surface area contributed by atoms with Crippen molar-refractivity contribution in [2.45, 2.75) is 27.7 Å². The smallest absolute Gasteiger partial charge is 0.337 e. The van der Waals surface area contributed by atoms with Crippen molar-refractivity contribution in [3.63, 3.8) is 0 Å². The molecule has 2 rings (SSSR count). The van der Waals surface area contributed by atoms with Crippen molar-refractivity contribution in [3.8, 4) is 0 Å². The quantitative estimate of drug-likeness (QED) is 0.691. The number of ether oxygens (including phenoxy) is 1. The maximum atomic E-state index is 11.3. The van der Waals surface area contributed by atoms with Gasteiger partial charge >= 0.3 is 5.97 Å². The van der Waals surface area contributed by atoms with Crippen molar-refractivity contribution < 1.29 is 9.53 Å². The molecule has 0 fully saturated rings. The van der Waals surface area contributed by atoms with E-state index in [0.717, 1.165) is 16.3 Å². The molecule has 0 heterocycles. The normalized spacial score (nSPS) is 8.65. The SMILES string of the molecule is C=Cc1ccc2cc(C(=O)OC)ccc2c1.CC.CC. The van der Waals surface area contributed by atoms with E-state index in [-0.39, 0.29) is 5.97 Å². The zero-order valence-corrected chi connectivity index (χ0v) is 13.1. The lowest BCUT2D eigenvalue weighted by molar-refractivity contribution is 0.0601. The molecule has 0 N–H and O–H groups in total. The van der Waals surface area contributed by atoms with Crippen LogP contribution in [0.3, 0.4) is 0 Å². The summed E-state index contributed by atoms with van der Waals surface area (Å²) in [5.74, 6) is -0.310. The molecule has 0 aliphatic heterocycles. The van der Waals surface area contributed by atoms with Crippen LogP contribution in [-0.4, -0.2) is 13.1 Å². The van der Waals surface area contributed by atoms with E-state index in [4.69, 9.17) is 0 Å². The van der Waals surface area contributed by atoms with Gasteiger partial charge in [0.25, 0.3) is 0 Å². The molecule has 0 aromatic heterocycles. The standard InChI is InChI=1S/C14H12O2.2C2H6/c1-3-10-4-5-12-9-13(14(15)16-2)7-6-11(12)8-10;2*1-2/h3-9H,1H2,2H3;2*1-2H3. The summed E-state index contributed by atoms with van der Waals surface area (Å²) in [4.78, 5) is 11.3. The summed E-state index contributed by atoms with van der Waals surface area (Å²) in [6, 6.07) is 11.5. The van der Waals surface area contributed by atoms with Crippen LogP contribution in [0.2, 0.25) is 0 Å². The van der Waals surface area contributed by atoms with Crippen LogP contribution in [0.25, 0.3) is 16.8 Å². The third-order valence-electron chi connectivity index (χ3n) is 2.52. The summed E-state index contributed by atoms with van der Waals surface area (Å²) in [6.45, 7) is 11.7. The van der Waals surface area contributed by atoms with Crippen LogP contribution in [0.5, 0.6) is 0 Å². The molecule has 2 aromatic rings. The number of rotatable bonds is 2. The first-order valence-corrected chi connectivity index (χ1v) is 6.99. The largest absolute Gasteiger partial charge is 0.465 e. The molecule has 20 heavy (non-hydrogen) atoms. The Morgan fingerprint density at radius 3 is 2.10 bits per heavy atom. The van der Waals surface area contributed by atoms with E-state index >= 15 is 0 Å². The molecule has 0 amide bonds. The highest BCUT2D eigenvalue weighted by Gasteiger charge is 2.05. The van der Waals surface area contributed by atoms with Crippen molar-refractivity contribution in [1.29, 1.82) is 0 Å². The van der Waals surface area contributed by atoms with Gasteiger partial charge in [0.2, 0.25) is 0 Å². The summed E-state index contributed by atoms with van der Waals surface area (Å²) in [7, 11) is 1.38. The Labute approximate surface area is 122 Å². The maximum absolute atomic E-state index is 11.3. The number of esters is 1. The number of methoxy groups -OCH3 is 1. The van der Waals surface area contributed by atoms with Crippen LogP contribution in [0.4, 0.5) is 0 Å². The van der Waals surface area contributed by atoms with Gasteiger partial charge in [-0.2, -0.15) is 0 Å². The van der Waals surface area contributed by atoms with E-state index < -0.39 is 0 Å². The Morgan fingerprint density at radius 2 is 1.55 bits per heavy atom. The fourth-order valence-electron chi connectivity index (χ4n) is 1.64. The second-order valence-electron chi connectivity index (χ2n) is 3.52. The fourth-order valence-corrected chi connectivity index (χ4v) is 1.64. The number of carbonyl (C=O) groups excluding carboxylic acids is 1. The predicted octanol–water partition coefficient (Wildman–Crippen LogP) is 5.32. The van der Waals surface area contributed by atoms with Gasteiger partial charge in [-0.3, -0.25) is 0 Å². The first-order valence-electron chi connectivity index (χ1n) is 6.99. The Bertz CT molecular complexity index is 556. The van der Waals surface area contributed by atoms with Crippen LogP contribution >= 0.6 is 0 Å². The molecule has 0 unspecified atom stereocenters. The van der Waals surface area contributed by atoms with Crippen molar-refractivity contribution in [2.75, 3.05) is 7.11 Å². The van der Waals surface area contributed by atoms with Gasteiger partial charge in [-0.15, -0.1) is 0 Å². The maximum Gasteiger partial charge on any atom is 0.337 e. The van der Waals surface area contributed by atoms with E-state index in [2.05, 4.69) is 11.3 Å². The zero-order valence-electron chi connectivity index (χ0n) is 13.1. The van der Waals surface area contributed by atoms with Crippen molar-refractivity contribution >= 4 is 22.8 Å². The summed E-state index contributed by atoms with van der Waals surface area (Å²) < 4.78 is 4.67. The summed E-state index contributed by atoms with van der Waals surface area (Å²) in [5.41, 5.74) is 1.64. The molecule has 2 nitrogen and oxygen atoms in total. The van der Waals surface area contributed by atoms with Gasteiger partial charge in [0.05, 0.1) is 12.7 Å². The average Bonchev–Trinajstić information content (AvgIpc) is 2.56. The highest BCUT2D eigenvalue weighted by atomic mass is 16.5. The Balaban J connectivity index is 0.000000829. The molecule has 108 valence electrons. The summed E-state index contributed by atoms with van der Waals surface area (Å²) >= 11 is 0. The molecular weight excluding hydrogens is 248 g/mol. The van der Waals surface area contributed by atoms with Gasteiger partial charge in [-0.25, -0.2) is 4.79 Å². The lowest BCUT2D eigenvalue weighted by Crippen LogP contribution is -2.00. The number of carbonyl (C=O) groups is 1. The topological polar surface area (TPSA) is 26.3 Å². The molecule has 0 radical (unpaired) electrons. The molecule has 2 aromatic carbocycles. The molecule has 0 saturated heterocycles.